The van der Waals surface area contributed by atoms with E-state index in [1.165, 1.54) is 26.4 Å². The van der Waals surface area contributed by atoms with Crippen LogP contribution in [-0.2, 0) is 19.1 Å². The molecule has 0 aliphatic heterocycles. The lowest BCUT2D eigenvalue weighted by Crippen LogP contribution is -2.55. The lowest BCUT2D eigenvalue weighted by Gasteiger charge is -2.40. The molecule has 11 nitrogen and oxygen atoms in total. The number of amides is 2. The molecule has 0 unspecified atom stereocenters. The van der Waals surface area contributed by atoms with Gasteiger partial charge < -0.3 is 39.4 Å². The van der Waals surface area contributed by atoms with Crippen molar-refractivity contribution in [3.8, 4) is 11.5 Å². The monoisotopic (exact) mass is 648 g/mol. The van der Waals surface area contributed by atoms with Gasteiger partial charge in [0.2, 0.25) is 11.8 Å². The highest BCUT2D eigenvalue weighted by Gasteiger charge is 2.40. The van der Waals surface area contributed by atoms with Crippen molar-refractivity contribution in [2.24, 2.45) is 0 Å². The van der Waals surface area contributed by atoms with Gasteiger partial charge >= 0.3 is 0 Å². The van der Waals surface area contributed by atoms with E-state index in [9.17, 15) is 19.5 Å². The van der Waals surface area contributed by atoms with Crippen LogP contribution >= 0.6 is 22.6 Å². The molecule has 0 saturated carbocycles. The van der Waals surface area contributed by atoms with Crippen molar-refractivity contribution >= 4 is 40.7 Å². The first-order valence-electron chi connectivity index (χ1n) is 12.4. The zero-order valence-electron chi connectivity index (χ0n) is 22.0. The maximum atomic E-state index is 13.2. The summed E-state index contributed by atoms with van der Waals surface area (Å²) in [7, 11) is 2.94. The molecule has 12 heteroatoms. The summed E-state index contributed by atoms with van der Waals surface area (Å²) < 4.78 is 22.7. The minimum Gasteiger partial charge on any atom is -0.493 e. The molecule has 3 N–H and O–H groups in total. The van der Waals surface area contributed by atoms with Crippen LogP contribution in [0.25, 0.3) is 0 Å². The van der Waals surface area contributed by atoms with Crippen molar-refractivity contribution in [3.05, 3.63) is 32.9 Å². The molecule has 1 aliphatic rings. The zero-order valence-corrected chi connectivity index (χ0v) is 24.1. The molecule has 0 fully saturated rings. The standard InChI is InChI=1S/C26H37IN2O9/c1-4-37-10-5-8-29(23(32)6-11-35-2)20-14-18(26(34)28-7-9-30)15-21(24(20)33)38-25-19(27)12-17(16-31)13-22(25)36-3/h12-13,15-16,20-21,24,30,33H,4-11,14H2,1-3H3,(H,28,34)/t20-,21+,24+/m1/s1. The maximum Gasteiger partial charge on any atom is 0.247 e. The van der Waals surface area contributed by atoms with Gasteiger partial charge in [-0.25, -0.2) is 0 Å². The highest BCUT2D eigenvalue weighted by atomic mass is 127. The van der Waals surface area contributed by atoms with Crippen LogP contribution in [0.4, 0.5) is 0 Å². The summed E-state index contributed by atoms with van der Waals surface area (Å²) in [5.41, 5.74) is 0.705. The van der Waals surface area contributed by atoms with Gasteiger partial charge in [-0.15, -0.1) is 0 Å². The van der Waals surface area contributed by atoms with Crippen molar-refractivity contribution in [1.29, 1.82) is 0 Å². The Balaban J connectivity index is 2.46. The van der Waals surface area contributed by atoms with Crippen molar-refractivity contribution in [3.63, 3.8) is 0 Å². The van der Waals surface area contributed by atoms with Gasteiger partial charge in [-0.2, -0.15) is 0 Å². The number of halogens is 1. The Morgan fingerprint density at radius 2 is 2.03 bits per heavy atom. The summed E-state index contributed by atoms with van der Waals surface area (Å²) in [5.74, 6) is -0.0760. The Bertz CT molecular complexity index is 972. The number of methoxy groups -OCH3 is 2. The SMILES string of the molecule is CCOCCCN(C(=O)CCOC)[C@@H]1CC(C(=O)NCCO)=C[C@H](Oc2c(I)cc(C=O)cc2OC)[C@H]1O. The van der Waals surface area contributed by atoms with Crippen LogP contribution in [0.5, 0.6) is 11.5 Å². The van der Waals surface area contributed by atoms with Gasteiger partial charge in [0, 0.05) is 51.0 Å². The van der Waals surface area contributed by atoms with Crippen LogP contribution in [0.2, 0.25) is 0 Å². The van der Waals surface area contributed by atoms with E-state index in [1.54, 1.807) is 11.0 Å². The topological polar surface area (TPSA) is 144 Å². The quantitative estimate of drug-likeness (QED) is 0.137. The third-order valence-corrected chi connectivity index (χ3v) is 6.79. The second-order valence-electron chi connectivity index (χ2n) is 8.55. The van der Waals surface area contributed by atoms with E-state index in [0.717, 1.165) is 0 Å². The average molecular weight is 648 g/mol. The number of nitrogens with zero attached hydrogens (tertiary/aromatic N) is 1. The molecule has 0 heterocycles. The maximum absolute atomic E-state index is 13.2. The van der Waals surface area contributed by atoms with Crippen LogP contribution in [-0.4, -0.2) is 105 Å². The Labute approximate surface area is 236 Å². The number of rotatable bonds is 16. The molecule has 212 valence electrons. The zero-order chi connectivity index (χ0) is 28.1. The van der Waals surface area contributed by atoms with Gasteiger partial charge in [-0.3, -0.25) is 14.4 Å². The molecule has 2 amide bonds. The molecular formula is C26H37IN2O9. The van der Waals surface area contributed by atoms with E-state index >= 15 is 0 Å². The fourth-order valence-corrected chi connectivity index (χ4v) is 4.88. The summed E-state index contributed by atoms with van der Waals surface area (Å²) in [6.07, 6.45) is 0.741. The predicted octanol–water partition coefficient (Wildman–Crippen LogP) is 1.32. The Morgan fingerprint density at radius 3 is 2.66 bits per heavy atom. The molecule has 0 bridgehead atoms. The third kappa shape index (κ3) is 8.90. The number of aldehydes is 1. The fraction of sp³-hybridized carbons (Fsp3) is 0.577. The fourth-order valence-electron chi connectivity index (χ4n) is 4.13. The Kier molecular flexibility index (Phi) is 14.0. The van der Waals surface area contributed by atoms with Crippen LogP contribution in [0.1, 0.15) is 36.5 Å². The van der Waals surface area contributed by atoms with Gasteiger partial charge in [0.05, 0.1) is 36.4 Å². The van der Waals surface area contributed by atoms with Crippen molar-refractivity contribution in [2.45, 2.75) is 44.4 Å². The summed E-state index contributed by atoms with van der Waals surface area (Å²) in [6, 6.07) is 2.36. The number of hydrogen-bond acceptors (Lipinski definition) is 9. The number of ether oxygens (including phenoxy) is 4. The summed E-state index contributed by atoms with van der Waals surface area (Å²) in [6.45, 7) is 3.19. The molecule has 1 aromatic carbocycles. The van der Waals surface area contributed by atoms with E-state index < -0.39 is 24.2 Å². The van der Waals surface area contributed by atoms with E-state index in [4.69, 9.17) is 24.1 Å². The normalized spacial score (nSPS) is 18.9. The molecule has 0 radical (unpaired) electrons. The van der Waals surface area contributed by atoms with E-state index in [-0.39, 0.29) is 44.3 Å². The minimum absolute atomic E-state index is 0.0542. The third-order valence-electron chi connectivity index (χ3n) is 5.99. The molecule has 38 heavy (non-hydrogen) atoms. The number of carbonyl (C=O) groups excluding carboxylic acids is 3. The van der Waals surface area contributed by atoms with Gasteiger partial charge in [0.25, 0.3) is 0 Å². The summed E-state index contributed by atoms with van der Waals surface area (Å²) in [4.78, 5) is 39.0. The molecule has 0 saturated heterocycles. The molecule has 0 aromatic heterocycles. The van der Waals surface area contributed by atoms with Crippen molar-refractivity contribution in [1.82, 2.24) is 10.2 Å². The Morgan fingerprint density at radius 1 is 1.26 bits per heavy atom. The van der Waals surface area contributed by atoms with E-state index in [2.05, 4.69) is 5.32 Å². The molecule has 2 rings (SSSR count). The van der Waals surface area contributed by atoms with Gasteiger partial charge in [0.15, 0.2) is 11.5 Å². The Hall–Kier alpha value is -2.26. The number of aliphatic hydroxyl groups is 2. The molecule has 1 aliphatic carbocycles. The molecular weight excluding hydrogens is 611 g/mol. The van der Waals surface area contributed by atoms with Crippen molar-refractivity contribution in [2.75, 3.05) is 53.7 Å². The summed E-state index contributed by atoms with van der Waals surface area (Å²) in [5, 5.41) is 23.3. The van der Waals surface area contributed by atoms with Crippen LogP contribution in [0, 0.1) is 3.57 Å². The molecule has 0 spiro atoms. The van der Waals surface area contributed by atoms with Gasteiger partial charge in [-0.05, 0) is 54.1 Å². The number of hydrogen-bond donors (Lipinski definition) is 3. The number of aliphatic hydroxyl groups excluding tert-OH is 2. The predicted molar refractivity (Wildman–Crippen MR) is 147 cm³/mol. The van der Waals surface area contributed by atoms with Crippen LogP contribution in [0.15, 0.2) is 23.8 Å². The van der Waals surface area contributed by atoms with Gasteiger partial charge in [0.1, 0.15) is 18.5 Å². The number of nitrogens with one attached hydrogen (secondary N) is 1. The number of benzene rings is 1. The molecule has 3 atom stereocenters. The minimum atomic E-state index is -1.19. The first-order chi connectivity index (χ1) is 18.3. The number of carbonyl (C=O) groups is 3. The highest BCUT2D eigenvalue weighted by Crippen LogP contribution is 2.37. The first-order valence-corrected chi connectivity index (χ1v) is 13.5. The second kappa shape index (κ2) is 16.6. The lowest BCUT2D eigenvalue weighted by molar-refractivity contribution is -0.139. The van der Waals surface area contributed by atoms with E-state index in [1.807, 2.05) is 29.5 Å². The smallest absolute Gasteiger partial charge is 0.247 e. The average Bonchev–Trinajstić information content (AvgIpc) is 2.92. The first kappa shape index (κ1) is 32.0. The highest BCUT2D eigenvalue weighted by molar-refractivity contribution is 14.1. The summed E-state index contributed by atoms with van der Waals surface area (Å²) >= 11 is 2.00. The van der Waals surface area contributed by atoms with Crippen LogP contribution in [0.3, 0.4) is 0 Å². The lowest BCUT2D eigenvalue weighted by atomic mass is 9.88. The second-order valence-corrected chi connectivity index (χ2v) is 9.71. The largest absolute Gasteiger partial charge is 0.493 e. The molecule has 1 aromatic rings. The van der Waals surface area contributed by atoms with Gasteiger partial charge in [-0.1, -0.05) is 0 Å². The van der Waals surface area contributed by atoms with Crippen molar-refractivity contribution < 1.29 is 43.5 Å². The van der Waals surface area contributed by atoms with E-state index in [0.29, 0.717) is 52.9 Å². The van der Waals surface area contributed by atoms with Crippen LogP contribution < -0.4 is 14.8 Å².